The van der Waals surface area contributed by atoms with Crippen LogP contribution in [-0.2, 0) is 0 Å². The Morgan fingerprint density at radius 2 is 2.29 bits per heavy atom. The van der Waals surface area contributed by atoms with Crippen molar-refractivity contribution in [3.05, 3.63) is 39.9 Å². The molecule has 14 heavy (non-hydrogen) atoms. The molecule has 0 heterocycles. The van der Waals surface area contributed by atoms with Crippen LogP contribution in [0.2, 0.25) is 0 Å². The Balaban J connectivity index is 2.87. The van der Waals surface area contributed by atoms with Crippen molar-refractivity contribution in [3.8, 4) is 0 Å². The van der Waals surface area contributed by atoms with Gasteiger partial charge in [-0.3, -0.25) is 10.1 Å². The first kappa shape index (κ1) is 11.2. The highest BCUT2D eigenvalue weighted by Crippen LogP contribution is 2.29. The second-order valence-corrected chi connectivity index (χ2v) is 4.21. The third kappa shape index (κ3) is 2.80. The largest absolute Gasteiger partial charge is 0.269 e. The number of hydrogen-bond acceptors (Lipinski definition) is 2. The lowest BCUT2D eigenvalue weighted by Gasteiger charge is -2.07. The van der Waals surface area contributed by atoms with Crippen LogP contribution in [0.4, 0.5) is 5.69 Å². The summed E-state index contributed by atoms with van der Waals surface area (Å²) in [4.78, 5) is 10.4. The van der Waals surface area contributed by atoms with Crippen molar-refractivity contribution in [1.29, 1.82) is 0 Å². The maximum absolute atomic E-state index is 10.5. The number of rotatable bonds is 4. The van der Waals surface area contributed by atoms with Crippen LogP contribution in [0.1, 0.15) is 30.2 Å². The molecule has 0 aliphatic rings. The lowest BCUT2D eigenvalue weighted by Crippen LogP contribution is -1.92. The Bertz CT molecular complexity index is 328. The number of non-ortho nitro benzene ring substituents is 1. The van der Waals surface area contributed by atoms with E-state index in [0.29, 0.717) is 0 Å². The Morgan fingerprint density at radius 3 is 2.86 bits per heavy atom. The maximum Gasteiger partial charge on any atom is 0.269 e. The fraction of sp³-hybridized carbons (Fsp3) is 0.400. The Morgan fingerprint density at radius 1 is 1.57 bits per heavy atom. The molecule has 1 atom stereocenters. The molecule has 0 saturated carbocycles. The first-order chi connectivity index (χ1) is 6.65. The molecule has 1 rings (SSSR count). The number of nitro groups is 1. The van der Waals surface area contributed by atoms with Gasteiger partial charge in [-0.15, -0.1) is 0 Å². The van der Waals surface area contributed by atoms with E-state index in [-0.39, 0.29) is 15.4 Å². The fourth-order valence-corrected chi connectivity index (χ4v) is 2.00. The highest BCUT2D eigenvalue weighted by molar-refractivity contribution is 9.09. The number of halogens is 1. The predicted molar refractivity (Wildman–Crippen MR) is 59.7 cm³/mol. The molecule has 3 nitrogen and oxygen atoms in total. The van der Waals surface area contributed by atoms with Gasteiger partial charge in [0.25, 0.3) is 5.69 Å². The zero-order chi connectivity index (χ0) is 10.6. The smallest absolute Gasteiger partial charge is 0.258 e. The number of nitrogens with zero attached hydrogens (tertiary/aromatic N) is 1. The van der Waals surface area contributed by atoms with E-state index in [0.717, 1.165) is 18.4 Å². The van der Waals surface area contributed by atoms with Crippen LogP contribution in [0.3, 0.4) is 0 Å². The summed E-state index contributed by atoms with van der Waals surface area (Å²) in [6.45, 7) is 2.09. The molecule has 0 N–H and O–H groups in total. The minimum Gasteiger partial charge on any atom is -0.258 e. The van der Waals surface area contributed by atoms with Crippen LogP contribution in [0.25, 0.3) is 0 Å². The second kappa shape index (κ2) is 5.10. The van der Waals surface area contributed by atoms with Crippen LogP contribution in [-0.4, -0.2) is 4.92 Å². The lowest BCUT2D eigenvalue weighted by molar-refractivity contribution is -0.384. The average molecular weight is 258 g/mol. The van der Waals surface area contributed by atoms with E-state index in [4.69, 9.17) is 0 Å². The lowest BCUT2D eigenvalue weighted by atomic mass is 10.1. The van der Waals surface area contributed by atoms with Gasteiger partial charge in [0.1, 0.15) is 0 Å². The zero-order valence-corrected chi connectivity index (χ0v) is 9.53. The summed E-state index contributed by atoms with van der Waals surface area (Å²) < 4.78 is 0. The number of benzene rings is 1. The molecule has 1 aromatic carbocycles. The van der Waals surface area contributed by atoms with E-state index in [1.54, 1.807) is 12.1 Å². The van der Waals surface area contributed by atoms with E-state index in [9.17, 15) is 10.1 Å². The molecule has 0 aromatic heterocycles. The predicted octanol–water partition coefficient (Wildman–Crippen LogP) is 3.83. The van der Waals surface area contributed by atoms with Crippen molar-refractivity contribution in [2.45, 2.75) is 24.6 Å². The SMILES string of the molecule is CCC[C@H](Br)c1cccc([N+](=O)[O-])c1. The summed E-state index contributed by atoms with van der Waals surface area (Å²) >= 11 is 3.51. The maximum atomic E-state index is 10.5. The van der Waals surface area contributed by atoms with Gasteiger partial charge < -0.3 is 0 Å². The van der Waals surface area contributed by atoms with Crippen LogP contribution in [0.5, 0.6) is 0 Å². The molecule has 4 heteroatoms. The zero-order valence-electron chi connectivity index (χ0n) is 7.94. The fourth-order valence-electron chi connectivity index (χ4n) is 1.25. The number of alkyl halides is 1. The highest BCUT2D eigenvalue weighted by Gasteiger charge is 2.10. The van der Waals surface area contributed by atoms with Gasteiger partial charge >= 0.3 is 0 Å². The minimum atomic E-state index is -0.366. The van der Waals surface area contributed by atoms with Gasteiger partial charge in [-0.1, -0.05) is 41.4 Å². The standard InChI is InChI=1S/C10H12BrNO2/c1-2-4-10(11)8-5-3-6-9(7-8)12(13)14/h3,5-7,10H,2,4H2,1H3/t10-/m0/s1. The monoisotopic (exact) mass is 257 g/mol. The Kier molecular flexibility index (Phi) is 4.07. The molecule has 0 aliphatic carbocycles. The van der Waals surface area contributed by atoms with Gasteiger partial charge in [0.2, 0.25) is 0 Å². The van der Waals surface area contributed by atoms with Gasteiger partial charge in [-0.05, 0) is 12.0 Å². The molecule has 0 bridgehead atoms. The van der Waals surface area contributed by atoms with E-state index in [1.807, 2.05) is 6.07 Å². The minimum absolute atomic E-state index is 0.156. The molecule has 0 aliphatic heterocycles. The first-order valence-electron chi connectivity index (χ1n) is 4.53. The van der Waals surface area contributed by atoms with Gasteiger partial charge in [-0.2, -0.15) is 0 Å². The van der Waals surface area contributed by atoms with Crippen molar-refractivity contribution in [2.75, 3.05) is 0 Å². The molecule has 0 fully saturated rings. The van der Waals surface area contributed by atoms with Crippen LogP contribution >= 0.6 is 15.9 Å². The molecular formula is C10H12BrNO2. The van der Waals surface area contributed by atoms with E-state index < -0.39 is 0 Å². The number of hydrogen-bond donors (Lipinski definition) is 0. The van der Waals surface area contributed by atoms with Crippen molar-refractivity contribution in [3.63, 3.8) is 0 Å². The van der Waals surface area contributed by atoms with Gasteiger partial charge in [-0.25, -0.2) is 0 Å². The Labute approximate surface area is 91.4 Å². The van der Waals surface area contributed by atoms with Crippen LogP contribution in [0, 0.1) is 10.1 Å². The third-order valence-electron chi connectivity index (χ3n) is 1.98. The summed E-state index contributed by atoms with van der Waals surface area (Å²) in [5.41, 5.74) is 1.13. The van der Waals surface area contributed by atoms with Gasteiger partial charge in [0, 0.05) is 17.0 Å². The molecule has 1 aromatic rings. The average Bonchev–Trinajstić information content (AvgIpc) is 2.18. The quantitative estimate of drug-likeness (QED) is 0.468. The third-order valence-corrected chi connectivity index (χ3v) is 2.97. The second-order valence-electron chi connectivity index (χ2n) is 3.11. The van der Waals surface area contributed by atoms with E-state index >= 15 is 0 Å². The molecule has 0 radical (unpaired) electrons. The Hall–Kier alpha value is -0.900. The number of nitro benzene ring substituents is 1. The van der Waals surface area contributed by atoms with Gasteiger partial charge in [0.05, 0.1) is 4.92 Å². The van der Waals surface area contributed by atoms with Crippen molar-refractivity contribution >= 4 is 21.6 Å². The first-order valence-corrected chi connectivity index (χ1v) is 5.45. The summed E-state index contributed by atoms with van der Waals surface area (Å²) in [5.74, 6) is 0. The summed E-state index contributed by atoms with van der Waals surface area (Å²) in [6.07, 6.45) is 2.04. The molecule has 0 saturated heterocycles. The van der Waals surface area contributed by atoms with Crippen LogP contribution < -0.4 is 0 Å². The van der Waals surface area contributed by atoms with E-state index in [2.05, 4.69) is 22.9 Å². The van der Waals surface area contributed by atoms with Crippen LogP contribution in [0.15, 0.2) is 24.3 Å². The van der Waals surface area contributed by atoms with Gasteiger partial charge in [0.15, 0.2) is 0 Å². The highest BCUT2D eigenvalue weighted by atomic mass is 79.9. The molecule has 76 valence electrons. The summed E-state index contributed by atoms with van der Waals surface area (Å²) in [7, 11) is 0. The van der Waals surface area contributed by atoms with Crippen molar-refractivity contribution in [1.82, 2.24) is 0 Å². The summed E-state index contributed by atoms with van der Waals surface area (Å²) in [6, 6.07) is 6.75. The topological polar surface area (TPSA) is 43.1 Å². The molecular weight excluding hydrogens is 246 g/mol. The normalized spacial score (nSPS) is 12.4. The molecule has 0 spiro atoms. The molecule has 0 unspecified atom stereocenters. The summed E-state index contributed by atoms with van der Waals surface area (Å²) in [5, 5.41) is 10.5. The molecule has 0 amide bonds. The van der Waals surface area contributed by atoms with E-state index in [1.165, 1.54) is 6.07 Å². The van der Waals surface area contributed by atoms with Crippen molar-refractivity contribution in [2.24, 2.45) is 0 Å². The van der Waals surface area contributed by atoms with Crippen molar-refractivity contribution < 1.29 is 4.92 Å².